The highest BCUT2D eigenvalue weighted by Crippen LogP contribution is 2.22. The lowest BCUT2D eigenvalue weighted by atomic mass is 10.1. The smallest absolute Gasteiger partial charge is 0.304 e. The first-order valence-corrected chi connectivity index (χ1v) is 12.6. The van der Waals surface area contributed by atoms with Crippen LogP contribution < -0.4 is 9.62 Å². The molecule has 192 valence electrons. The molecule has 0 aliphatic heterocycles. The molecule has 0 heterocycles. The van der Waals surface area contributed by atoms with Gasteiger partial charge in [-0.1, -0.05) is 24.3 Å². The van der Waals surface area contributed by atoms with E-state index in [-0.39, 0.29) is 18.1 Å². The standard InChI is InChI=1S/C25H35FN4O4S/c1-18-10-8-9-11-20(18)16-29(19(2)24(32)27-25(3,4)5)23(31)17-30(35(33,34)28(6)7)22-14-12-21(26)13-15-22/h8-15,19H,16-17H2,1-7H3,(H,27,32). The number of rotatable bonds is 9. The van der Waals surface area contributed by atoms with Gasteiger partial charge in [0.1, 0.15) is 18.4 Å². The maximum Gasteiger partial charge on any atom is 0.304 e. The van der Waals surface area contributed by atoms with E-state index in [0.717, 1.165) is 31.9 Å². The van der Waals surface area contributed by atoms with E-state index in [1.807, 2.05) is 52.0 Å². The van der Waals surface area contributed by atoms with Gasteiger partial charge in [0.25, 0.3) is 0 Å². The fourth-order valence-corrected chi connectivity index (χ4v) is 4.41. The summed E-state index contributed by atoms with van der Waals surface area (Å²) in [5.41, 5.74) is 1.39. The molecule has 0 aliphatic rings. The summed E-state index contributed by atoms with van der Waals surface area (Å²) < 4.78 is 41.6. The Balaban J connectivity index is 2.48. The Labute approximate surface area is 207 Å². The van der Waals surface area contributed by atoms with Gasteiger partial charge in [-0.25, -0.2) is 8.70 Å². The molecule has 2 aromatic rings. The predicted octanol–water partition coefficient (Wildman–Crippen LogP) is 3.08. The third-order valence-electron chi connectivity index (χ3n) is 5.40. The van der Waals surface area contributed by atoms with Gasteiger partial charge in [0.15, 0.2) is 0 Å². The van der Waals surface area contributed by atoms with Crippen molar-refractivity contribution in [2.24, 2.45) is 0 Å². The number of hydrogen-bond donors (Lipinski definition) is 1. The van der Waals surface area contributed by atoms with Crippen LogP contribution in [-0.2, 0) is 26.3 Å². The number of anilines is 1. The molecule has 8 nitrogen and oxygen atoms in total. The number of carbonyl (C=O) groups is 2. The maximum atomic E-state index is 13.6. The van der Waals surface area contributed by atoms with Crippen molar-refractivity contribution in [3.05, 3.63) is 65.5 Å². The minimum atomic E-state index is -4.09. The third-order valence-corrected chi connectivity index (χ3v) is 7.22. The van der Waals surface area contributed by atoms with Gasteiger partial charge < -0.3 is 10.2 Å². The summed E-state index contributed by atoms with van der Waals surface area (Å²) in [6.45, 7) is 8.58. The summed E-state index contributed by atoms with van der Waals surface area (Å²) in [5.74, 6) is -1.46. The first-order chi connectivity index (χ1) is 16.1. The van der Waals surface area contributed by atoms with Gasteiger partial charge >= 0.3 is 10.2 Å². The molecule has 0 bridgehead atoms. The topological polar surface area (TPSA) is 90.0 Å². The Morgan fingerprint density at radius 2 is 1.60 bits per heavy atom. The zero-order chi connectivity index (χ0) is 26.6. The van der Waals surface area contributed by atoms with E-state index in [1.165, 1.54) is 31.1 Å². The van der Waals surface area contributed by atoms with Gasteiger partial charge in [-0.3, -0.25) is 9.59 Å². The molecule has 0 radical (unpaired) electrons. The van der Waals surface area contributed by atoms with Crippen molar-refractivity contribution < 1.29 is 22.4 Å². The van der Waals surface area contributed by atoms with Gasteiger partial charge in [-0.15, -0.1) is 0 Å². The molecule has 2 amide bonds. The Hall–Kier alpha value is -2.98. The summed E-state index contributed by atoms with van der Waals surface area (Å²) in [5, 5.41) is 2.88. The van der Waals surface area contributed by atoms with Gasteiger partial charge in [0.2, 0.25) is 11.8 Å². The second kappa shape index (κ2) is 11.2. The molecule has 0 saturated carbocycles. The Morgan fingerprint density at radius 1 is 1.03 bits per heavy atom. The number of benzene rings is 2. The molecule has 0 spiro atoms. The van der Waals surface area contributed by atoms with Gasteiger partial charge in [0.05, 0.1) is 5.69 Å². The highest BCUT2D eigenvalue weighted by Gasteiger charge is 2.33. The molecule has 1 N–H and O–H groups in total. The van der Waals surface area contributed by atoms with Crippen LogP contribution in [0.2, 0.25) is 0 Å². The fourth-order valence-electron chi connectivity index (χ4n) is 3.35. The minimum Gasteiger partial charge on any atom is -0.350 e. The quantitative estimate of drug-likeness (QED) is 0.566. The SMILES string of the molecule is Cc1ccccc1CN(C(=O)CN(c1ccc(F)cc1)S(=O)(=O)N(C)C)C(C)C(=O)NC(C)(C)C. The van der Waals surface area contributed by atoms with E-state index in [2.05, 4.69) is 5.32 Å². The summed E-state index contributed by atoms with van der Waals surface area (Å²) in [7, 11) is -1.40. The third kappa shape index (κ3) is 7.50. The molecule has 2 rings (SSSR count). The fraction of sp³-hybridized carbons (Fsp3) is 0.440. The van der Waals surface area contributed by atoms with E-state index in [1.54, 1.807) is 6.92 Å². The number of nitrogens with one attached hydrogen (secondary N) is 1. The molecule has 2 aromatic carbocycles. The summed E-state index contributed by atoms with van der Waals surface area (Å²) in [6, 6.07) is 11.4. The van der Waals surface area contributed by atoms with E-state index < -0.39 is 40.1 Å². The zero-order valence-electron chi connectivity index (χ0n) is 21.4. The molecule has 0 aromatic heterocycles. The predicted molar refractivity (Wildman–Crippen MR) is 135 cm³/mol. The second-order valence-corrected chi connectivity index (χ2v) is 11.7. The van der Waals surface area contributed by atoms with Crippen LogP contribution >= 0.6 is 0 Å². The van der Waals surface area contributed by atoms with Gasteiger partial charge in [0, 0.05) is 26.2 Å². The van der Waals surface area contributed by atoms with Crippen LogP contribution in [0, 0.1) is 12.7 Å². The number of halogens is 1. The van der Waals surface area contributed by atoms with Crippen molar-refractivity contribution in [1.29, 1.82) is 0 Å². The van der Waals surface area contributed by atoms with Crippen molar-refractivity contribution in [2.45, 2.75) is 52.7 Å². The number of hydrogen-bond acceptors (Lipinski definition) is 4. The van der Waals surface area contributed by atoms with E-state index in [0.29, 0.717) is 0 Å². The monoisotopic (exact) mass is 506 g/mol. The average molecular weight is 507 g/mol. The maximum absolute atomic E-state index is 13.6. The first-order valence-electron chi connectivity index (χ1n) is 11.2. The molecule has 1 unspecified atom stereocenters. The highest BCUT2D eigenvalue weighted by atomic mass is 32.2. The van der Waals surface area contributed by atoms with Crippen LogP contribution in [0.3, 0.4) is 0 Å². The van der Waals surface area contributed by atoms with Crippen LogP contribution in [0.4, 0.5) is 10.1 Å². The Bertz CT molecular complexity index is 1140. The molecule has 0 aliphatic carbocycles. The Morgan fingerprint density at radius 3 is 2.11 bits per heavy atom. The van der Waals surface area contributed by atoms with Crippen molar-refractivity contribution >= 4 is 27.7 Å². The second-order valence-electron chi connectivity index (χ2n) is 9.64. The molecule has 0 saturated heterocycles. The lowest BCUT2D eigenvalue weighted by Gasteiger charge is -2.34. The summed E-state index contributed by atoms with van der Waals surface area (Å²) in [4.78, 5) is 28.0. The lowest BCUT2D eigenvalue weighted by molar-refractivity contribution is -0.140. The number of amides is 2. The van der Waals surface area contributed by atoms with Crippen molar-refractivity contribution in [2.75, 3.05) is 24.9 Å². The zero-order valence-corrected chi connectivity index (χ0v) is 22.2. The van der Waals surface area contributed by atoms with Crippen LogP contribution in [0.5, 0.6) is 0 Å². The molecular formula is C25H35FN4O4S. The Kier molecular flexibility index (Phi) is 9.02. The highest BCUT2D eigenvalue weighted by molar-refractivity contribution is 7.90. The molecule has 35 heavy (non-hydrogen) atoms. The number of aryl methyl sites for hydroxylation is 1. The molecule has 10 heteroatoms. The van der Waals surface area contributed by atoms with E-state index in [4.69, 9.17) is 0 Å². The summed E-state index contributed by atoms with van der Waals surface area (Å²) in [6.07, 6.45) is 0. The van der Waals surface area contributed by atoms with Crippen molar-refractivity contribution in [3.8, 4) is 0 Å². The van der Waals surface area contributed by atoms with Gasteiger partial charge in [-0.2, -0.15) is 12.7 Å². The molecule has 0 fully saturated rings. The van der Waals surface area contributed by atoms with E-state index >= 15 is 0 Å². The first kappa shape index (κ1) is 28.3. The number of carbonyl (C=O) groups excluding carboxylic acids is 2. The van der Waals surface area contributed by atoms with Crippen molar-refractivity contribution in [3.63, 3.8) is 0 Å². The van der Waals surface area contributed by atoms with E-state index in [9.17, 15) is 22.4 Å². The van der Waals surface area contributed by atoms with Crippen LogP contribution in [0.15, 0.2) is 48.5 Å². The van der Waals surface area contributed by atoms with Gasteiger partial charge in [-0.05, 0) is 70.0 Å². The summed E-state index contributed by atoms with van der Waals surface area (Å²) >= 11 is 0. The van der Waals surface area contributed by atoms with Crippen LogP contribution in [0.25, 0.3) is 0 Å². The molecule has 1 atom stereocenters. The average Bonchev–Trinajstić information content (AvgIpc) is 2.75. The minimum absolute atomic E-state index is 0.115. The normalized spacial score (nSPS) is 12.8. The van der Waals surface area contributed by atoms with Crippen molar-refractivity contribution in [1.82, 2.24) is 14.5 Å². The largest absolute Gasteiger partial charge is 0.350 e. The van der Waals surface area contributed by atoms with Crippen LogP contribution in [-0.4, -0.2) is 61.7 Å². The number of nitrogens with zero attached hydrogens (tertiary/aromatic N) is 3. The van der Waals surface area contributed by atoms with Crippen LogP contribution in [0.1, 0.15) is 38.8 Å². The lowest BCUT2D eigenvalue weighted by Crippen LogP contribution is -2.55. The molecular weight excluding hydrogens is 471 g/mol.